The van der Waals surface area contributed by atoms with Crippen LogP contribution in [0.2, 0.25) is 0 Å². The van der Waals surface area contributed by atoms with Gasteiger partial charge in [-0.2, -0.15) is 9.61 Å². The third-order valence-electron chi connectivity index (χ3n) is 7.93. The summed E-state index contributed by atoms with van der Waals surface area (Å²) in [6, 6.07) is 12.1. The number of halogens is 1. The standard InChI is InChI=1S/C31H37BrN8O3/c1-19-6-7-21(16-39(19)23-15-34-38(17-23)18-31(2,3)41)28-36-29-25-11-9-22(32)12-26(25)35-30(40(29)37-28)33-14-20-8-10-24(42-4)13-27(20)43-5/h8-13,15,17,19,21,41H,6-7,14,16,18H2,1-5H3,(H,33,35)/t19-,21+/m0/s1. The predicted molar refractivity (Wildman–Crippen MR) is 170 cm³/mol. The van der Waals surface area contributed by atoms with Gasteiger partial charge in [-0.15, -0.1) is 5.10 Å². The van der Waals surface area contributed by atoms with E-state index in [1.807, 2.05) is 53.3 Å². The van der Waals surface area contributed by atoms with Crippen LogP contribution >= 0.6 is 15.9 Å². The molecule has 0 bridgehead atoms. The molecule has 0 saturated carbocycles. The van der Waals surface area contributed by atoms with Gasteiger partial charge in [-0.05, 0) is 63.9 Å². The van der Waals surface area contributed by atoms with Gasteiger partial charge in [-0.3, -0.25) is 4.68 Å². The van der Waals surface area contributed by atoms with E-state index >= 15 is 0 Å². The Balaban J connectivity index is 1.33. The summed E-state index contributed by atoms with van der Waals surface area (Å²) in [6.07, 6.45) is 5.88. The van der Waals surface area contributed by atoms with Crippen LogP contribution in [0.25, 0.3) is 16.6 Å². The minimum absolute atomic E-state index is 0.133. The van der Waals surface area contributed by atoms with Gasteiger partial charge < -0.3 is 24.8 Å². The Bertz CT molecular complexity index is 1760. The molecule has 1 fully saturated rings. The maximum absolute atomic E-state index is 10.2. The van der Waals surface area contributed by atoms with Crippen molar-refractivity contribution in [1.29, 1.82) is 0 Å². The van der Waals surface area contributed by atoms with Crippen LogP contribution in [0.3, 0.4) is 0 Å². The van der Waals surface area contributed by atoms with E-state index in [-0.39, 0.29) is 5.92 Å². The number of fused-ring (bicyclic) bond motifs is 3. The number of piperidine rings is 1. The summed E-state index contributed by atoms with van der Waals surface area (Å²) in [7, 11) is 3.29. The molecule has 43 heavy (non-hydrogen) atoms. The lowest BCUT2D eigenvalue weighted by atomic mass is 9.92. The molecule has 5 aromatic rings. The van der Waals surface area contributed by atoms with Gasteiger partial charge in [0.1, 0.15) is 11.5 Å². The van der Waals surface area contributed by atoms with Crippen LogP contribution < -0.4 is 19.7 Å². The van der Waals surface area contributed by atoms with Crippen LogP contribution in [-0.2, 0) is 13.1 Å². The zero-order valence-electron chi connectivity index (χ0n) is 25.1. The molecular weight excluding hydrogens is 612 g/mol. The minimum atomic E-state index is -0.837. The first kappa shape index (κ1) is 29.2. The van der Waals surface area contributed by atoms with E-state index in [0.717, 1.165) is 69.0 Å². The van der Waals surface area contributed by atoms with Crippen LogP contribution in [0.5, 0.6) is 11.5 Å². The van der Waals surface area contributed by atoms with Crippen molar-refractivity contribution in [3.63, 3.8) is 0 Å². The Labute approximate surface area is 259 Å². The molecule has 2 aromatic carbocycles. The van der Waals surface area contributed by atoms with Gasteiger partial charge in [0.05, 0.1) is 43.8 Å². The molecule has 6 rings (SSSR count). The second-order valence-corrected chi connectivity index (χ2v) is 12.7. The molecule has 0 aliphatic carbocycles. The van der Waals surface area contributed by atoms with Gasteiger partial charge in [0, 0.05) is 52.7 Å². The van der Waals surface area contributed by atoms with Gasteiger partial charge >= 0.3 is 0 Å². The fourth-order valence-electron chi connectivity index (χ4n) is 5.72. The number of hydrogen-bond donors (Lipinski definition) is 2. The van der Waals surface area contributed by atoms with E-state index in [0.29, 0.717) is 25.1 Å². The predicted octanol–water partition coefficient (Wildman–Crippen LogP) is 5.41. The number of methoxy groups -OCH3 is 2. The molecule has 2 atom stereocenters. The number of anilines is 2. The number of aliphatic hydroxyl groups is 1. The molecule has 226 valence electrons. The maximum atomic E-state index is 10.2. The monoisotopic (exact) mass is 648 g/mol. The first-order valence-corrected chi connectivity index (χ1v) is 15.2. The summed E-state index contributed by atoms with van der Waals surface area (Å²) in [5.74, 6) is 2.99. The maximum Gasteiger partial charge on any atom is 0.226 e. The highest BCUT2D eigenvalue weighted by Gasteiger charge is 2.31. The second kappa shape index (κ2) is 11.6. The highest BCUT2D eigenvalue weighted by molar-refractivity contribution is 9.10. The molecule has 1 saturated heterocycles. The van der Waals surface area contributed by atoms with Gasteiger partial charge in [0.15, 0.2) is 11.5 Å². The van der Waals surface area contributed by atoms with Crippen molar-refractivity contribution in [2.24, 2.45) is 0 Å². The smallest absolute Gasteiger partial charge is 0.226 e. The van der Waals surface area contributed by atoms with E-state index in [2.05, 4.69) is 38.2 Å². The number of ether oxygens (including phenoxy) is 2. The van der Waals surface area contributed by atoms with E-state index < -0.39 is 5.60 Å². The van der Waals surface area contributed by atoms with Crippen molar-refractivity contribution in [3.05, 3.63) is 64.7 Å². The quantitative estimate of drug-likeness (QED) is 0.216. The highest BCUT2D eigenvalue weighted by atomic mass is 79.9. The fraction of sp³-hybridized carbons (Fsp3) is 0.419. The lowest BCUT2D eigenvalue weighted by Crippen LogP contribution is -2.41. The molecule has 3 aromatic heterocycles. The molecule has 0 spiro atoms. The largest absolute Gasteiger partial charge is 0.497 e. The molecule has 0 amide bonds. The number of nitrogens with one attached hydrogen (secondary N) is 1. The highest BCUT2D eigenvalue weighted by Crippen LogP contribution is 2.34. The Morgan fingerprint density at radius 2 is 1.93 bits per heavy atom. The Kier molecular flexibility index (Phi) is 7.91. The van der Waals surface area contributed by atoms with Crippen molar-refractivity contribution in [2.75, 3.05) is 31.0 Å². The van der Waals surface area contributed by atoms with Crippen LogP contribution in [0.15, 0.2) is 53.3 Å². The fourth-order valence-corrected chi connectivity index (χ4v) is 6.07. The van der Waals surface area contributed by atoms with E-state index in [9.17, 15) is 5.11 Å². The van der Waals surface area contributed by atoms with Crippen LogP contribution in [0.1, 0.15) is 50.9 Å². The minimum Gasteiger partial charge on any atom is -0.497 e. The van der Waals surface area contributed by atoms with E-state index in [4.69, 9.17) is 24.5 Å². The third-order valence-corrected chi connectivity index (χ3v) is 8.42. The van der Waals surface area contributed by atoms with Crippen LogP contribution in [0.4, 0.5) is 11.6 Å². The first-order valence-electron chi connectivity index (χ1n) is 14.4. The average molecular weight is 650 g/mol. The zero-order valence-corrected chi connectivity index (χ0v) is 26.7. The summed E-state index contributed by atoms with van der Waals surface area (Å²) >= 11 is 3.59. The summed E-state index contributed by atoms with van der Waals surface area (Å²) in [5.41, 5.74) is 2.76. The van der Waals surface area contributed by atoms with Gasteiger partial charge in [0.25, 0.3) is 0 Å². The van der Waals surface area contributed by atoms with Crippen molar-refractivity contribution in [1.82, 2.24) is 29.4 Å². The third kappa shape index (κ3) is 6.12. The summed E-state index contributed by atoms with van der Waals surface area (Å²) < 4.78 is 15.5. The summed E-state index contributed by atoms with van der Waals surface area (Å²) in [6.45, 7) is 7.50. The molecule has 2 N–H and O–H groups in total. The summed E-state index contributed by atoms with van der Waals surface area (Å²) in [5, 5.41) is 24.2. The molecule has 4 heterocycles. The topological polar surface area (TPSA) is 115 Å². The molecule has 1 aliphatic heterocycles. The number of nitrogens with zero attached hydrogens (tertiary/aromatic N) is 7. The molecule has 12 heteroatoms. The van der Waals surface area contributed by atoms with Crippen molar-refractivity contribution in [2.45, 2.75) is 64.3 Å². The Morgan fingerprint density at radius 3 is 2.70 bits per heavy atom. The molecule has 0 unspecified atom stereocenters. The molecule has 1 aliphatic rings. The number of hydrogen-bond acceptors (Lipinski definition) is 9. The van der Waals surface area contributed by atoms with Crippen molar-refractivity contribution < 1.29 is 14.6 Å². The normalized spacial score (nSPS) is 17.5. The summed E-state index contributed by atoms with van der Waals surface area (Å²) in [4.78, 5) is 12.4. The van der Waals surface area contributed by atoms with Gasteiger partial charge in [0.2, 0.25) is 5.95 Å². The average Bonchev–Trinajstić information content (AvgIpc) is 3.63. The van der Waals surface area contributed by atoms with E-state index in [1.54, 1.807) is 32.7 Å². The van der Waals surface area contributed by atoms with E-state index in [1.165, 1.54) is 0 Å². The number of rotatable bonds is 9. The first-order chi connectivity index (χ1) is 20.6. The SMILES string of the molecule is COc1ccc(CNc2nc3cc(Br)ccc3c3nc([C@@H]4CC[C@H](C)N(c5cnn(CC(C)(C)O)c5)C4)nn23)c(OC)c1. The van der Waals surface area contributed by atoms with Crippen LogP contribution in [-0.4, -0.2) is 66.9 Å². The lowest BCUT2D eigenvalue weighted by Gasteiger charge is -2.37. The van der Waals surface area contributed by atoms with Gasteiger partial charge in [-0.1, -0.05) is 15.9 Å². The number of benzene rings is 2. The van der Waals surface area contributed by atoms with Gasteiger partial charge in [-0.25, -0.2) is 9.97 Å². The Morgan fingerprint density at radius 1 is 1.09 bits per heavy atom. The number of aromatic nitrogens is 6. The molecule has 11 nitrogen and oxygen atoms in total. The zero-order chi connectivity index (χ0) is 30.3. The lowest BCUT2D eigenvalue weighted by molar-refractivity contribution is 0.0577. The van der Waals surface area contributed by atoms with Crippen molar-refractivity contribution in [3.8, 4) is 11.5 Å². The Hall–Kier alpha value is -3.90. The second-order valence-electron chi connectivity index (χ2n) is 11.8. The molecule has 0 radical (unpaired) electrons. The van der Waals surface area contributed by atoms with Crippen LogP contribution in [0, 0.1) is 0 Å². The molecular formula is C31H37BrN8O3. The van der Waals surface area contributed by atoms with Crippen molar-refractivity contribution >= 4 is 44.1 Å².